The summed E-state index contributed by atoms with van der Waals surface area (Å²) in [5.74, 6) is 0. The zero-order valence-corrected chi connectivity index (χ0v) is 10.7. The van der Waals surface area contributed by atoms with Crippen LogP contribution in [0.3, 0.4) is 0 Å². The van der Waals surface area contributed by atoms with Crippen LogP contribution in [0.25, 0.3) is 0 Å². The fraction of sp³-hybridized carbons (Fsp3) is 0.538. The number of ether oxygens (including phenoxy) is 1. The first-order valence-electron chi connectivity index (χ1n) is 6.10. The molecular formula is C13H18N2O3. The number of nitro benzene ring substituents is 1. The first kappa shape index (κ1) is 12.8. The van der Waals surface area contributed by atoms with E-state index in [1.165, 1.54) is 6.42 Å². The summed E-state index contributed by atoms with van der Waals surface area (Å²) < 4.78 is 5.50. The monoisotopic (exact) mass is 250 g/mol. The van der Waals surface area contributed by atoms with Crippen LogP contribution in [0.15, 0.2) is 18.2 Å². The third-order valence-electron chi connectivity index (χ3n) is 3.72. The van der Waals surface area contributed by atoms with E-state index in [9.17, 15) is 10.1 Å². The summed E-state index contributed by atoms with van der Waals surface area (Å²) in [7, 11) is 1.72. The van der Waals surface area contributed by atoms with Gasteiger partial charge in [0.25, 0.3) is 5.69 Å². The lowest BCUT2D eigenvalue weighted by molar-refractivity contribution is -0.385. The molecule has 5 heteroatoms. The molecule has 0 heterocycles. The van der Waals surface area contributed by atoms with Crippen molar-refractivity contribution in [3.8, 4) is 0 Å². The van der Waals surface area contributed by atoms with Crippen molar-refractivity contribution in [1.82, 2.24) is 0 Å². The fourth-order valence-electron chi connectivity index (χ4n) is 2.20. The highest BCUT2D eigenvalue weighted by atomic mass is 16.6. The molecule has 0 aromatic heterocycles. The highest BCUT2D eigenvalue weighted by molar-refractivity contribution is 5.55. The van der Waals surface area contributed by atoms with Crippen molar-refractivity contribution in [3.63, 3.8) is 0 Å². The molecule has 1 aliphatic carbocycles. The number of aryl methyl sites for hydroxylation is 1. The minimum Gasteiger partial charge on any atom is -0.382 e. The maximum atomic E-state index is 10.9. The van der Waals surface area contributed by atoms with Gasteiger partial charge < -0.3 is 10.1 Å². The Kier molecular flexibility index (Phi) is 3.52. The van der Waals surface area contributed by atoms with Gasteiger partial charge in [0.15, 0.2) is 0 Å². The molecule has 0 radical (unpaired) electrons. The van der Waals surface area contributed by atoms with Crippen LogP contribution in [0, 0.1) is 17.0 Å². The van der Waals surface area contributed by atoms with Crippen LogP contribution in [0.1, 0.15) is 24.8 Å². The zero-order valence-electron chi connectivity index (χ0n) is 10.7. The van der Waals surface area contributed by atoms with E-state index in [-0.39, 0.29) is 16.2 Å². The van der Waals surface area contributed by atoms with Crippen LogP contribution >= 0.6 is 0 Å². The van der Waals surface area contributed by atoms with Crippen LogP contribution in [-0.4, -0.2) is 24.2 Å². The van der Waals surface area contributed by atoms with Gasteiger partial charge in [-0.2, -0.15) is 0 Å². The highest BCUT2D eigenvalue weighted by Gasteiger charge is 2.36. The smallest absolute Gasteiger partial charge is 0.274 e. The topological polar surface area (TPSA) is 64.4 Å². The molecule has 0 saturated heterocycles. The van der Waals surface area contributed by atoms with Gasteiger partial charge in [0.05, 0.1) is 10.5 Å². The summed E-state index contributed by atoms with van der Waals surface area (Å²) in [6.45, 7) is 2.44. The Morgan fingerprint density at radius 2 is 2.22 bits per heavy atom. The van der Waals surface area contributed by atoms with Gasteiger partial charge in [-0.3, -0.25) is 10.1 Å². The lowest BCUT2D eigenvalue weighted by atomic mass is 9.80. The number of methoxy groups -OCH3 is 1. The predicted octanol–water partition coefficient (Wildman–Crippen LogP) is 2.88. The van der Waals surface area contributed by atoms with Gasteiger partial charge in [0, 0.05) is 31.0 Å². The second-order valence-electron chi connectivity index (χ2n) is 4.85. The summed E-state index contributed by atoms with van der Waals surface area (Å²) in [5, 5.41) is 14.1. The first-order chi connectivity index (χ1) is 8.56. The van der Waals surface area contributed by atoms with E-state index in [4.69, 9.17) is 4.74 Å². The molecule has 1 aromatic rings. The number of rotatable bonds is 5. The van der Waals surface area contributed by atoms with Crippen LogP contribution in [-0.2, 0) is 4.74 Å². The molecule has 5 nitrogen and oxygen atoms in total. The quantitative estimate of drug-likeness (QED) is 0.644. The molecule has 18 heavy (non-hydrogen) atoms. The van der Waals surface area contributed by atoms with Crippen molar-refractivity contribution in [2.75, 3.05) is 19.0 Å². The fourth-order valence-corrected chi connectivity index (χ4v) is 2.20. The van der Waals surface area contributed by atoms with Gasteiger partial charge in [0.1, 0.15) is 0 Å². The molecule has 0 atom stereocenters. The van der Waals surface area contributed by atoms with E-state index in [0.717, 1.165) is 18.5 Å². The lowest BCUT2D eigenvalue weighted by Crippen LogP contribution is -2.45. The average Bonchev–Trinajstić information content (AvgIpc) is 2.30. The molecule has 1 saturated carbocycles. The van der Waals surface area contributed by atoms with Crippen molar-refractivity contribution in [2.45, 2.75) is 31.8 Å². The molecule has 0 spiro atoms. The van der Waals surface area contributed by atoms with E-state index in [1.807, 2.05) is 6.07 Å². The van der Waals surface area contributed by atoms with Crippen molar-refractivity contribution in [1.29, 1.82) is 0 Å². The number of hydrogen-bond donors (Lipinski definition) is 1. The van der Waals surface area contributed by atoms with Crippen molar-refractivity contribution >= 4 is 11.4 Å². The third kappa shape index (κ3) is 2.46. The number of nitrogens with one attached hydrogen (secondary N) is 1. The summed E-state index contributed by atoms with van der Waals surface area (Å²) in [5.41, 5.74) is 1.52. The molecule has 1 fully saturated rings. The second kappa shape index (κ2) is 4.94. The van der Waals surface area contributed by atoms with Crippen molar-refractivity contribution < 1.29 is 9.66 Å². The molecule has 0 aliphatic heterocycles. The highest BCUT2D eigenvalue weighted by Crippen LogP contribution is 2.35. The summed E-state index contributed by atoms with van der Waals surface area (Å²) in [4.78, 5) is 10.5. The van der Waals surface area contributed by atoms with E-state index in [2.05, 4.69) is 5.32 Å². The minimum absolute atomic E-state index is 0.0837. The van der Waals surface area contributed by atoms with E-state index >= 15 is 0 Å². The molecule has 0 amide bonds. The Morgan fingerprint density at radius 1 is 1.50 bits per heavy atom. The van der Waals surface area contributed by atoms with Gasteiger partial charge >= 0.3 is 0 Å². The molecule has 98 valence electrons. The Balaban J connectivity index is 2.06. The number of nitro groups is 1. The summed E-state index contributed by atoms with van der Waals surface area (Å²) >= 11 is 0. The Morgan fingerprint density at radius 3 is 2.72 bits per heavy atom. The maximum Gasteiger partial charge on any atom is 0.274 e. The minimum atomic E-state index is -0.351. The number of benzene rings is 1. The van der Waals surface area contributed by atoms with Gasteiger partial charge in [-0.1, -0.05) is 6.07 Å². The van der Waals surface area contributed by atoms with Gasteiger partial charge in [-0.05, 0) is 32.3 Å². The van der Waals surface area contributed by atoms with Gasteiger partial charge in [0.2, 0.25) is 0 Å². The molecule has 2 rings (SSSR count). The van der Waals surface area contributed by atoms with E-state index in [0.29, 0.717) is 12.1 Å². The average molecular weight is 250 g/mol. The number of nitrogens with zero attached hydrogens (tertiary/aromatic N) is 1. The standard InChI is InChI=1S/C13H18N2O3/c1-10-4-5-11(8-12(10)15(16)17)14-9-13(18-2)6-3-7-13/h4-5,8,14H,3,6-7,9H2,1-2H3. The third-order valence-corrected chi connectivity index (χ3v) is 3.72. The van der Waals surface area contributed by atoms with Gasteiger partial charge in [-0.15, -0.1) is 0 Å². The number of hydrogen-bond acceptors (Lipinski definition) is 4. The normalized spacial score (nSPS) is 17.0. The van der Waals surface area contributed by atoms with Crippen molar-refractivity contribution in [3.05, 3.63) is 33.9 Å². The lowest BCUT2D eigenvalue weighted by Gasteiger charge is -2.40. The summed E-state index contributed by atoms with van der Waals surface area (Å²) in [6, 6.07) is 5.21. The summed E-state index contributed by atoms with van der Waals surface area (Å²) in [6.07, 6.45) is 3.28. The molecular weight excluding hydrogens is 232 g/mol. The maximum absolute atomic E-state index is 10.9. The molecule has 1 aliphatic rings. The van der Waals surface area contributed by atoms with Crippen LogP contribution in [0.2, 0.25) is 0 Å². The largest absolute Gasteiger partial charge is 0.382 e. The Bertz CT molecular complexity index is 450. The van der Waals surface area contributed by atoms with Crippen LogP contribution in [0.5, 0.6) is 0 Å². The molecule has 0 unspecified atom stereocenters. The Hall–Kier alpha value is -1.62. The number of anilines is 1. The van der Waals surface area contributed by atoms with Gasteiger partial charge in [-0.25, -0.2) is 0 Å². The van der Waals surface area contributed by atoms with E-state index in [1.54, 1.807) is 26.2 Å². The molecule has 0 bridgehead atoms. The van der Waals surface area contributed by atoms with Crippen LogP contribution < -0.4 is 5.32 Å². The SMILES string of the molecule is COC1(CNc2ccc(C)c([N+](=O)[O-])c2)CCC1. The second-order valence-corrected chi connectivity index (χ2v) is 4.85. The van der Waals surface area contributed by atoms with Crippen LogP contribution in [0.4, 0.5) is 11.4 Å². The Labute approximate surface area is 106 Å². The van der Waals surface area contributed by atoms with E-state index < -0.39 is 0 Å². The molecule has 1 aromatic carbocycles. The van der Waals surface area contributed by atoms with Crippen molar-refractivity contribution in [2.24, 2.45) is 0 Å². The molecule has 1 N–H and O–H groups in total. The predicted molar refractivity (Wildman–Crippen MR) is 69.9 cm³/mol. The first-order valence-corrected chi connectivity index (χ1v) is 6.10. The zero-order chi connectivity index (χ0) is 13.2.